The van der Waals surface area contributed by atoms with Gasteiger partial charge in [0.1, 0.15) is 0 Å². The fourth-order valence-corrected chi connectivity index (χ4v) is 1.04. The highest BCUT2D eigenvalue weighted by Crippen LogP contribution is 1.98. The van der Waals surface area contributed by atoms with E-state index in [4.69, 9.17) is 4.84 Å². The lowest BCUT2D eigenvalue weighted by molar-refractivity contribution is -0.129. The van der Waals surface area contributed by atoms with Gasteiger partial charge in [0.25, 0.3) is 5.91 Å². The molecule has 3 heteroatoms. The first-order valence-corrected chi connectivity index (χ1v) is 5.91. The van der Waals surface area contributed by atoms with E-state index in [1.165, 1.54) is 6.42 Å². The Bertz CT molecular complexity index is 234. The molecule has 0 aromatic rings. The molecule has 0 fully saturated rings. The van der Waals surface area contributed by atoms with Crippen LogP contribution in [0.25, 0.3) is 0 Å². The summed E-state index contributed by atoms with van der Waals surface area (Å²) in [5.41, 5.74) is 2.80. The predicted molar refractivity (Wildman–Crippen MR) is 66.8 cm³/mol. The quantitative estimate of drug-likeness (QED) is 0.283. The van der Waals surface area contributed by atoms with Crippen LogP contribution in [-0.4, -0.2) is 12.5 Å². The zero-order valence-corrected chi connectivity index (χ0v) is 10.4. The van der Waals surface area contributed by atoms with E-state index in [1.54, 1.807) is 6.92 Å². The Balaban J connectivity index is 3.22. The molecule has 0 aliphatic heterocycles. The Kier molecular flexibility index (Phi) is 9.72. The molecule has 0 saturated heterocycles. The van der Waals surface area contributed by atoms with Crippen LogP contribution in [0.3, 0.4) is 0 Å². The van der Waals surface area contributed by atoms with E-state index in [-0.39, 0.29) is 5.91 Å². The molecule has 92 valence electrons. The fraction of sp³-hybridized carbons (Fsp3) is 0.615. The van der Waals surface area contributed by atoms with Crippen molar-refractivity contribution >= 4 is 5.91 Å². The zero-order valence-electron chi connectivity index (χ0n) is 10.4. The molecule has 0 rings (SSSR count). The Labute approximate surface area is 98.5 Å². The van der Waals surface area contributed by atoms with Gasteiger partial charge in [0.15, 0.2) is 0 Å². The largest absolute Gasteiger partial charge is 0.273 e. The average Bonchev–Trinajstić information content (AvgIpc) is 2.26. The van der Waals surface area contributed by atoms with E-state index < -0.39 is 0 Å². The van der Waals surface area contributed by atoms with Gasteiger partial charge in [0, 0.05) is 5.57 Å². The summed E-state index contributed by atoms with van der Waals surface area (Å²) in [6.45, 7) is 7.89. The molecule has 3 nitrogen and oxygen atoms in total. The molecule has 0 atom stereocenters. The van der Waals surface area contributed by atoms with Crippen molar-refractivity contribution in [3.63, 3.8) is 0 Å². The highest BCUT2D eigenvalue weighted by atomic mass is 16.6. The van der Waals surface area contributed by atoms with Gasteiger partial charge >= 0.3 is 0 Å². The van der Waals surface area contributed by atoms with Gasteiger partial charge in [-0.05, 0) is 32.6 Å². The molecule has 0 spiro atoms. The molecular weight excluding hydrogens is 202 g/mol. The maximum Gasteiger partial charge on any atom is 0.269 e. The predicted octanol–water partition coefficient (Wildman–Crippen LogP) is 3.14. The Hall–Kier alpha value is -1.09. The van der Waals surface area contributed by atoms with E-state index in [1.807, 2.05) is 0 Å². The number of hydrogen-bond acceptors (Lipinski definition) is 2. The summed E-state index contributed by atoms with van der Waals surface area (Å²) in [5.74, 6) is -0.247. The van der Waals surface area contributed by atoms with E-state index in [2.05, 4.69) is 31.1 Å². The number of hydroxylamine groups is 1. The lowest BCUT2D eigenvalue weighted by Crippen LogP contribution is -2.24. The molecule has 0 unspecified atom stereocenters. The average molecular weight is 225 g/mol. The molecule has 16 heavy (non-hydrogen) atoms. The number of allylic oxidation sites excluding steroid dienone is 2. The highest BCUT2D eigenvalue weighted by molar-refractivity contribution is 5.91. The molecule has 0 radical (unpaired) electrons. The van der Waals surface area contributed by atoms with Crippen molar-refractivity contribution in [2.45, 2.75) is 46.0 Å². The van der Waals surface area contributed by atoms with E-state index in [0.717, 1.165) is 25.7 Å². The van der Waals surface area contributed by atoms with Crippen LogP contribution < -0.4 is 5.48 Å². The van der Waals surface area contributed by atoms with Crippen LogP contribution in [0.1, 0.15) is 46.0 Å². The molecule has 0 aliphatic rings. The monoisotopic (exact) mass is 225 g/mol. The van der Waals surface area contributed by atoms with Crippen LogP contribution in [0.2, 0.25) is 0 Å². The summed E-state index contributed by atoms with van der Waals surface area (Å²) in [6.07, 6.45) is 9.89. The molecule has 0 aromatic heterocycles. The van der Waals surface area contributed by atoms with Crippen molar-refractivity contribution in [1.29, 1.82) is 0 Å². The second kappa shape index (κ2) is 10.4. The van der Waals surface area contributed by atoms with E-state index in [9.17, 15) is 4.79 Å². The maximum absolute atomic E-state index is 11.0. The van der Waals surface area contributed by atoms with Gasteiger partial charge in [-0.15, -0.1) is 0 Å². The SMILES string of the molecule is C=C(C)C(=O)NOCCCC/C=C/CCC. The van der Waals surface area contributed by atoms with Crippen LogP contribution in [0.5, 0.6) is 0 Å². The Morgan fingerprint density at radius 1 is 1.31 bits per heavy atom. The van der Waals surface area contributed by atoms with Gasteiger partial charge in [-0.2, -0.15) is 0 Å². The van der Waals surface area contributed by atoms with Crippen molar-refractivity contribution in [2.24, 2.45) is 0 Å². The first kappa shape index (κ1) is 14.9. The number of nitrogens with one attached hydrogen (secondary N) is 1. The van der Waals surface area contributed by atoms with Crippen LogP contribution in [0.4, 0.5) is 0 Å². The third kappa shape index (κ3) is 9.46. The minimum Gasteiger partial charge on any atom is -0.273 e. The topological polar surface area (TPSA) is 38.3 Å². The lowest BCUT2D eigenvalue weighted by atomic mass is 10.2. The minimum absolute atomic E-state index is 0.247. The molecule has 0 saturated carbocycles. The van der Waals surface area contributed by atoms with Gasteiger partial charge in [-0.25, -0.2) is 5.48 Å². The summed E-state index contributed by atoms with van der Waals surface area (Å²) in [4.78, 5) is 16.0. The maximum atomic E-state index is 11.0. The zero-order chi connectivity index (χ0) is 12.2. The number of unbranched alkanes of at least 4 members (excludes halogenated alkanes) is 3. The van der Waals surface area contributed by atoms with Crippen LogP contribution in [0, 0.1) is 0 Å². The van der Waals surface area contributed by atoms with Crippen molar-refractivity contribution in [2.75, 3.05) is 6.61 Å². The number of carbonyl (C=O) groups is 1. The molecule has 0 heterocycles. The molecule has 1 amide bonds. The van der Waals surface area contributed by atoms with Crippen molar-refractivity contribution in [3.05, 3.63) is 24.3 Å². The third-order valence-corrected chi connectivity index (χ3v) is 2.04. The molecule has 0 bridgehead atoms. The van der Waals surface area contributed by atoms with E-state index in [0.29, 0.717) is 12.2 Å². The van der Waals surface area contributed by atoms with Crippen LogP contribution >= 0.6 is 0 Å². The van der Waals surface area contributed by atoms with Crippen molar-refractivity contribution in [1.82, 2.24) is 5.48 Å². The van der Waals surface area contributed by atoms with Crippen molar-refractivity contribution in [3.8, 4) is 0 Å². The lowest BCUT2D eigenvalue weighted by Gasteiger charge is -2.04. The molecular formula is C13H23NO2. The first-order valence-electron chi connectivity index (χ1n) is 5.91. The van der Waals surface area contributed by atoms with Crippen LogP contribution in [0.15, 0.2) is 24.3 Å². The summed E-state index contributed by atoms with van der Waals surface area (Å²) >= 11 is 0. The highest BCUT2D eigenvalue weighted by Gasteiger charge is 1.99. The number of rotatable bonds is 9. The van der Waals surface area contributed by atoms with Crippen molar-refractivity contribution < 1.29 is 9.63 Å². The fourth-order valence-electron chi connectivity index (χ4n) is 1.04. The smallest absolute Gasteiger partial charge is 0.269 e. The van der Waals surface area contributed by atoms with Gasteiger partial charge in [0.05, 0.1) is 6.61 Å². The Morgan fingerprint density at radius 2 is 2.00 bits per heavy atom. The minimum atomic E-state index is -0.247. The normalized spacial score (nSPS) is 10.6. The van der Waals surface area contributed by atoms with Crippen LogP contribution in [-0.2, 0) is 9.63 Å². The summed E-state index contributed by atoms with van der Waals surface area (Å²) in [5, 5.41) is 0. The number of carbonyl (C=O) groups excluding carboxylic acids is 1. The molecule has 1 N–H and O–H groups in total. The molecule has 0 aliphatic carbocycles. The van der Waals surface area contributed by atoms with Gasteiger partial charge in [-0.3, -0.25) is 9.63 Å². The number of amides is 1. The van der Waals surface area contributed by atoms with Gasteiger partial charge < -0.3 is 0 Å². The molecule has 0 aromatic carbocycles. The second-order valence-electron chi connectivity index (χ2n) is 3.82. The summed E-state index contributed by atoms with van der Waals surface area (Å²) in [6, 6.07) is 0. The van der Waals surface area contributed by atoms with E-state index >= 15 is 0 Å². The van der Waals surface area contributed by atoms with Gasteiger partial charge in [-0.1, -0.05) is 32.1 Å². The summed E-state index contributed by atoms with van der Waals surface area (Å²) < 4.78 is 0. The second-order valence-corrected chi connectivity index (χ2v) is 3.82. The first-order chi connectivity index (χ1) is 7.68. The standard InChI is InChI=1S/C13H23NO2/c1-4-5-6-7-8-9-10-11-16-14-13(15)12(2)3/h6-7H,2,4-5,8-11H2,1,3H3,(H,14,15)/b7-6+. The summed E-state index contributed by atoms with van der Waals surface area (Å²) in [7, 11) is 0. The number of hydrogen-bond donors (Lipinski definition) is 1. The van der Waals surface area contributed by atoms with Gasteiger partial charge in [0.2, 0.25) is 0 Å². The third-order valence-electron chi connectivity index (χ3n) is 2.04. The Morgan fingerprint density at radius 3 is 2.62 bits per heavy atom.